The van der Waals surface area contributed by atoms with Gasteiger partial charge in [0.2, 0.25) is 5.91 Å². The van der Waals surface area contributed by atoms with Gasteiger partial charge in [0.25, 0.3) is 0 Å². The summed E-state index contributed by atoms with van der Waals surface area (Å²) in [5.74, 6) is 0.0687. The number of nitrogens with one attached hydrogen (secondary N) is 1. The number of benzene rings is 1. The van der Waals surface area contributed by atoms with E-state index < -0.39 is 5.97 Å². The van der Waals surface area contributed by atoms with Crippen molar-refractivity contribution in [3.63, 3.8) is 0 Å². The summed E-state index contributed by atoms with van der Waals surface area (Å²) >= 11 is 0. The molecule has 1 fully saturated rings. The highest BCUT2D eigenvalue weighted by Crippen LogP contribution is 2.26. The lowest BCUT2D eigenvalue weighted by Gasteiger charge is -2.11. The van der Waals surface area contributed by atoms with E-state index in [0.29, 0.717) is 25.2 Å². The molecule has 1 aromatic carbocycles. The van der Waals surface area contributed by atoms with E-state index in [4.69, 9.17) is 9.52 Å². The molecule has 0 spiro atoms. The molecule has 25 heavy (non-hydrogen) atoms. The molecule has 6 heteroatoms. The Balaban J connectivity index is 1.52. The highest BCUT2D eigenvalue weighted by Gasteiger charge is 2.30. The molecule has 132 valence electrons. The van der Waals surface area contributed by atoms with Gasteiger partial charge in [0.15, 0.2) is 11.7 Å². The first-order valence-corrected chi connectivity index (χ1v) is 8.57. The Morgan fingerprint density at radius 1 is 1.28 bits per heavy atom. The summed E-state index contributed by atoms with van der Waals surface area (Å²) in [6.07, 6.45) is 2.56. The first-order valence-electron chi connectivity index (χ1n) is 8.57. The van der Waals surface area contributed by atoms with Crippen molar-refractivity contribution in [2.24, 2.45) is 5.92 Å². The Morgan fingerprint density at radius 2 is 2.04 bits per heavy atom. The van der Waals surface area contributed by atoms with Crippen molar-refractivity contribution in [1.82, 2.24) is 10.3 Å². The largest absolute Gasteiger partial charge is 0.481 e. The minimum Gasteiger partial charge on any atom is -0.481 e. The molecule has 3 rings (SSSR count). The normalized spacial score (nSPS) is 19.7. The van der Waals surface area contributed by atoms with Gasteiger partial charge in [-0.15, -0.1) is 0 Å². The van der Waals surface area contributed by atoms with Crippen molar-refractivity contribution in [2.75, 3.05) is 0 Å². The second kappa shape index (κ2) is 7.51. The van der Waals surface area contributed by atoms with Crippen molar-refractivity contribution >= 4 is 11.9 Å². The van der Waals surface area contributed by atoms with Crippen LogP contribution in [0.2, 0.25) is 0 Å². The fourth-order valence-electron chi connectivity index (χ4n) is 3.27. The van der Waals surface area contributed by atoms with Crippen LogP contribution in [0, 0.1) is 12.8 Å². The van der Waals surface area contributed by atoms with E-state index in [-0.39, 0.29) is 24.3 Å². The molecule has 0 saturated heterocycles. The van der Waals surface area contributed by atoms with Crippen LogP contribution in [-0.4, -0.2) is 28.0 Å². The molecule has 2 atom stereocenters. The molecular weight excluding hydrogens is 320 g/mol. The Labute approximate surface area is 146 Å². The fraction of sp³-hybridized carbons (Fsp3) is 0.421. The van der Waals surface area contributed by atoms with E-state index in [9.17, 15) is 9.59 Å². The minimum absolute atomic E-state index is 0.0419. The third kappa shape index (κ3) is 4.26. The van der Waals surface area contributed by atoms with Gasteiger partial charge < -0.3 is 14.8 Å². The number of carbonyl (C=O) groups is 2. The summed E-state index contributed by atoms with van der Waals surface area (Å²) in [5.41, 5.74) is 1.77. The number of carbonyl (C=O) groups excluding carboxylic acids is 1. The molecule has 0 radical (unpaired) electrons. The maximum Gasteiger partial charge on any atom is 0.306 e. The second-order valence-electron chi connectivity index (χ2n) is 6.50. The second-order valence-corrected chi connectivity index (χ2v) is 6.50. The number of oxazole rings is 1. The van der Waals surface area contributed by atoms with E-state index in [1.165, 1.54) is 0 Å². The van der Waals surface area contributed by atoms with Gasteiger partial charge in [0, 0.05) is 24.4 Å². The third-order valence-electron chi connectivity index (χ3n) is 4.59. The van der Waals surface area contributed by atoms with E-state index in [2.05, 4.69) is 10.3 Å². The highest BCUT2D eigenvalue weighted by atomic mass is 16.4. The zero-order valence-corrected chi connectivity index (χ0v) is 14.2. The summed E-state index contributed by atoms with van der Waals surface area (Å²) in [5, 5.41) is 11.9. The predicted octanol–water partition coefficient (Wildman–Crippen LogP) is 2.95. The number of aliphatic carboxylic acids is 1. The lowest BCUT2D eigenvalue weighted by Crippen LogP contribution is -2.33. The molecule has 1 amide bonds. The molecule has 2 N–H and O–H groups in total. The summed E-state index contributed by atoms with van der Waals surface area (Å²) in [4.78, 5) is 27.4. The quantitative estimate of drug-likeness (QED) is 0.842. The predicted molar refractivity (Wildman–Crippen MR) is 91.9 cm³/mol. The number of amides is 1. The Morgan fingerprint density at radius 3 is 2.72 bits per heavy atom. The van der Waals surface area contributed by atoms with Gasteiger partial charge in [-0.3, -0.25) is 9.59 Å². The van der Waals surface area contributed by atoms with Crippen LogP contribution in [-0.2, 0) is 16.0 Å². The maximum absolute atomic E-state index is 12.1. The van der Waals surface area contributed by atoms with Crippen LogP contribution >= 0.6 is 0 Å². The molecule has 0 unspecified atom stereocenters. The van der Waals surface area contributed by atoms with Crippen LogP contribution in [0.25, 0.3) is 11.3 Å². The number of hydrogen-bond donors (Lipinski definition) is 2. The molecule has 0 bridgehead atoms. The topological polar surface area (TPSA) is 92.4 Å². The van der Waals surface area contributed by atoms with Gasteiger partial charge in [-0.05, 0) is 26.2 Å². The Kier molecular flexibility index (Phi) is 5.16. The SMILES string of the molecule is Cc1nc(CCC(=O)N[C@H]2CC[C@@H](C(=O)O)C2)oc1-c1ccccc1. The summed E-state index contributed by atoms with van der Waals surface area (Å²) in [7, 11) is 0. The van der Waals surface area contributed by atoms with Gasteiger partial charge in [0.05, 0.1) is 11.6 Å². The van der Waals surface area contributed by atoms with Crippen LogP contribution in [0.5, 0.6) is 0 Å². The first-order chi connectivity index (χ1) is 12.0. The number of carboxylic acids is 1. The number of aromatic nitrogens is 1. The molecule has 6 nitrogen and oxygen atoms in total. The summed E-state index contributed by atoms with van der Waals surface area (Å²) in [6, 6.07) is 9.71. The molecule has 2 aromatic rings. The Bertz CT molecular complexity index is 754. The number of rotatable bonds is 6. The molecule has 1 aliphatic carbocycles. The van der Waals surface area contributed by atoms with Crippen LogP contribution in [0.1, 0.15) is 37.3 Å². The van der Waals surface area contributed by atoms with Gasteiger partial charge in [-0.2, -0.15) is 0 Å². The van der Waals surface area contributed by atoms with Crippen LogP contribution in [0.4, 0.5) is 0 Å². The monoisotopic (exact) mass is 342 g/mol. The van der Waals surface area contributed by atoms with Crippen molar-refractivity contribution < 1.29 is 19.1 Å². The lowest BCUT2D eigenvalue weighted by atomic mass is 10.1. The van der Waals surface area contributed by atoms with E-state index >= 15 is 0 Å². The maximum atomic E-state index is 12.1. The molecule has 0 aliphatic heterocycles. The Hall–Kier alpha value is -2.63. The lowest BCUT2D eigenvalue weighted by molar-refractivity contribution is -0.141. The van der Waals surface area contributed by atoms with Crippen molar-refractivity contribution in [1.29, 1.82) is 0 Å². The van der Waals surface area contributed by atoms with Crippen molar-refractivity contribution in [2.45, 2.75) is 45.1 Å². The smallest absolute Gasteiger partial charge is 0.306 e. The van der Waals surface area contributed by atoms with Gasteiger partial charge in [0.1, 0.15) is 0 Å². The van der Waals surface area contributed by atoms with Crippen molar-refractivity contribution in [3.05, 3.63) is 41.9 Å². The summed E-state index contributed by atoms with van der Waals surface area (Å²) < 4.78 is 5.80. The van der Waals surface area contributed by atoms with E-state index in [1.54, 1.807) is 0 Å². The standard InChI is InChI=1S/C19H22N2O4/c1-12-18(13-5-3-2-4-6-13)25-17(20-12)10-9-16(22)21-15-8-7-14(11-15)19(23)24/h2-6,14-15H,7-11H2,1H3,(H,21,22)(H,23,24)/t14-,15+/m1/s1. The highest BCUT2D eigenvalue weighted by molar-refractivity contribution is 5.77. The van der Waals surface area contributed by atoms with E-state index in [1.807, 2.05) is 37.3 Å². The van der Waals surface area contributed by atoms with Crippen LogP contribution in [0.3, 0.4) is 0 Å². The molecular formula is C19H22N2O4. The van der Waals surface area contributed by atoms with Crippen molar-refractivity contribution in [3.8, 4) is 11.3 Å². The molecule has 1 saturated carbocycles. The molecule has 1 aliphatic rings. The molecule has 1 aromatic heterocycles. The van der Waals surface area contributed by atoms with Gasteiger partial charge >= 0.3 is 5.97 Å². The number of aryl methyl sites for hydroxylation is 2. The average Bonchev–Trinajstić information content (AvgIpc) is 3.20. The van der Waals surface area contributed by atoms with Crippen LogP contribution < -0.4 is 5.32 Å². The number of nitrogens with zero attached hydrogens (tertiary/aromatic N) is 1. The van der Waals surface area contributed by atoms with Crippen LogP contribution in [0.15, 0.2) is 34.7 Å². The average molecular weight is 342 g/mol. The minimum atomic E-state index is -0.777. The number of hydrogen-bond acceptors (Lipinski definition) is 4. The zero-order chi connectivity index (χ0) is 17.8. The fourth-order valence-corrected chi connectivity index (χ4v) is 3.27. The number of carboxylic acid groups (broad SMARTS) is 1. The first kappa shape index (κ1) is 17.2. The van der Waals surface area contributed by atoms with Gasteiger partial charge in [-0.25, -0.2) is 4.98 Å². The zero-order valence-electron chi connectivity index (χ0n) is 14.2. The van der Waals surface area contributed by atoms with Gasteiger partial charge in [-0.1, -0.05) is 30.3 Å². The molecule has 1 heterocycles. The summed E-state index contributed by atoms with van der Waals surface area (Å²) in [6.45, 7) is 1.89. The van der Waals surface area contributed by atoms with E-state index in [0.717, 1.165) is 23.4 Å². The third-order valence-corrected chi connectivity index (χ3v) is 4.59.